The maximum Gasteiger partial charge on any atom is 0.326 e. The molecule has 0 radical (unpaired) electrons. The molecule has 0 saturated heterocycles. The summed E-state index contributed by atoms with van der Waals surface area (Å²) in [5.41, 5.74) is 5.92. The number of thioether (sulfide) groups is 1. The quantitative estimate of drug-likeness (QED) is 0.303. The van der Waals surface area contributed by atoms with E-state index < -0.39 is 29.4 Å². The van der Waals surface area contributed by atoms with Gasteiger partial charge in [0.2, 0.25) is 0 Å². The van der Waals surface area contributed by atoms with Gasteiger partial charge in [-0.1, -0.05) is 0 Å². The molecule has 1 rings (SSSR count). The number of carboxylic acid groups (broad SMARTS) is 1. The second-order valence-corrected chi connectivity index (χ2v) is 5.90. The van der Waals surface area contributed by atoms with Crippen LogP contribution in [0.5, 0.6) is 0 Å². The van der Waals surface area contributed by atoms with E-state index >= 15 is 0 Å². The van der Waals surface area contributed by atoms with Gasteiger partial charge in [0.05, 0.1) is 0 Å². The smallest absolute Gasteiger partial charge is 0.326 e. The van der Waals surface area contributed by atoms with Crippen molar-refractivity contribution in [1.29, 1.82) is 5.26 Å². The molecule has 5 N–H and O–H groups in total. The van der Waals surface area contributed by atoms with Crippen LogP contribution in [0.15, 0.2) is 36.0 Å². The van der Waals surface area contributed by atoms with Gasteiger partial charge in [-0.2, -0.15) is 17.0 Å². The second kappa shape index (κ2) is 10.00. The molecule has 25 heavy (non-hydrogen) atoms. The molecular formula is C16H18N4O4S. The molecule has 0 bridgehead atoms. The van der Waals surface area contributed by atoms with Crippen molar-refractivity contribution >= 4 is 35.2 Å². The SMILES string of the molecule is CSCCC(NC(=O)/C(C#N)=C\NC(=O)c1ccc(N)cc1)C(=O)O. The lowest BCUT2D eigenvalue weighted by molar-refractivity contribution is -0.141. The molecule has 9 heteroatoms. The van der Waals surface area contributed by atoms with E-state index in [1.807, 2.05) is 6.26 Å². The molecular weight excluding hydrogens is 344 g/mol. The van der Waals surface area contributed by atoms with Gasteiger partial charge < -0.3 is 21.5 Å². The van der Waals surface area contributed by atoms with Gasteiger partial charge in [0, 0.05) is 17.5 Å². The first-order chi connectivity index (χ1) is 11.9. The van der Waals surface area contributed by atoms with Crippen LogP contribution < -0.4 is 16.4 Å². The number of nitrogens with zero attached hydrogens (tertiary/aromatic N) is 1. The first-order valence-electron chi connectivity index (χ1n) is 7.18. The molecule has 8 nitrogen and oxygen atoms in total. The van der Waals surface area contributed by atoms with Crippen LogP contribution in [0.2, 0.25) is 0 Å². The number of nitrogen functional groups attached to an aromatic ring is 1. The average Bonchev–Trinajstić information content (AvgIpc) is 2.59. The van der Waals surface area contributed by atoms with E-state index in [0.717, 1.165) is 6.20 Å². The topological polar surface area (TPSA) is 145 Å². The Morgan fingerprint density at radius 1 is 1.36 bits per heavy atom. The number of nitrogens with two attached hydrogens (primary N) is 1. The average molecular weight is 362 g/mol. The monoisotopic (exact) mass is 362 g/mol. The Morgan fingerprint density at radius 2 is 2.00 bits per heavy atom. The minimum atomic E-state index is -1.19. The molecule has 1 unspecified atom stereocenters. The van der Waals surface area contributed by atoms with Gasteiger partial charge in [-0.25, -0.2) is 4.79 Å². The summed E-state index contributed by atoms with van der Waals surface area (Å²) in [5, 5.41) is 22.7. The van der Waals surface area contributed by atoms with Gasteiger partial charge in [0.1, 0.15) is 17.7 Å². The number of hydrogen-bond acceptors (Lipinski definition) is 6. The van der Waals surface area contributed by atoms with Crippen molar-refractivity contribution in [3.8, 4) is 6.07 Å². The maximum absolute atomic E-state index is 12.0. The highest BCUT2D eigenvalue weighted by Crippen LogP contribution is 2.06. The van der Waals surface area contributed by atoms with Crippen LogP contribution in [0.1, 0.15) is 16.8 Å². The Balaban J connectivity index is 2.75. The minimum Gasteiger partial charge on any atom is -0.480 e. The van der Waals surface area contributed by atoms with Crippen LogP contribution >= 0.6 is 11.8 Å². The first kappa shape index (κ1) is 20.1. The van der Waals surface area contributed by atoms with E-state index in [4.69, 9.17) is 16.1 Å². The highest BCUT2D eigenvalue weighted by Gasteiger charge is 2.21. The molecule has 1 aromatic rings. The molecule has 1 atom stereocenters. The van der Waals surface area contributed by atoms with Gasteiger partial charge >= 0.3 is 5.97 Å². The van der Waals surface area contributed by atoms with E-state index in [1.54, 1.807) is 18.2 Å². The Hall–Kier alpha value is -2.99. The van der Waals surface area contributed by atoms with E-state index in [2.05, 4.69) is 10.6 Å². The summed E-state index contributed by atoms with van der Waals surface area (Å²) >= 11 is 1.44. The highest BCUT2D eigenvalue weighted by atomic mass is 32.2. The Bertz CT molecular complexity index is 710. The Morgan fingerprint density at radius 3 is 2.52 bits per heavy atom. The van der Waals surface area contributed by atoms with Crippen molar-refractivity contribution in [1.82, 2.24) is 10.6 Å². The van der Waals surface area contributed by atoms with Crippen molar-refractivity contribution in [2.24, 2.45) is 0 Å². The summed E-state index contributed by atoms with van der Waals surface area (Å²) in [6.45, 7) is 0. The number of carbonyl (C=O) groups excluding carboxylic acids is 2. The summed E-state index contributed by atoms with van der Waals surface area (Å²) in [5.74, 6) is -2.05. The van der Waals surface area contributed by atoms with E-state index in [-0.39, 0.29) is 6.42 Å². The molecule has 0 fully saturated rings. The van der Waals surface area contributed by atoms with Gasteiger partial charge in [0.25, 0.3) is 11.8 Å². The number of nitriles is 1. The molecule has 0 aromatic heterocycles. The summed E-state index contributed by atoms with van der Waals surface area (Å²) < 4.78 is 0. The summed E-state index contributed by atoms with van der Waals surface area (Å²) in [6, 6.07) is 6.60. The van der Waals surface area contributed by atoms with Gasteiger partial charge in [0.15, 0.2) is 0 Å². The fraction of sp³-hybridized carbons (Fsp3) is 0.250. The Labute approximate surface area is 149 Å². The zero-order chi connectivity index (χ0) is 18.8. The number of anilines is 1. The van der Waals surface area contributed by atoms with Crippen molar-refractivity contribution in [2.45, 2.75) is 12.5 Å². The molecule has 0 aliphatic rings. The van der Waals surface area contributed by atoms with Crippen LogP contribution in [0.3, 0.4) is 0 Å². The largest absolute Gasteiger partial charge is 0.480 e. The van der Waals surface area contributed by atoms with E-state index in [1.165, 1.54) is 23.9 Å². The first-order valence-corrected chi connectivity index (χ1v) is 8.57. The number of rotatable bonds is 8. The second-order valence-electron chi connectivity index (χ2n) is 4.91. The van der Waals surface area contributed by atoms with Gasteiger partial charge in [-0.3, -0.25) is 9.59 Å². The van der Waals surface area contributed by atoms with Crippen LogP contribution in [0, 0.1) is 11.3 Å². The standard InChI is InChI=1S/C16H18N4O4S/c1-25-7-6-13(16(23)24)20-15(22)11(8-17)9-19-14(21)10-2-4-12(18)5-3-10/h2-5,9,13H,6-7,18H2,1H3,(H,19,21)(H,20,22)(H,23,24)/b11-9-. The lowest BCUT2D eigenvalue weighted by Crippen LogP contribution is -2.42. The molecule has 1 aromatic carbocycles. The van der Waals surface area contributed by atoms with Crippen LogP contribution in [0.25, 0.3) is 0 Å². The third kappa shape index (κ3) is 6.56. The number of carbonyl (C=O) groups is 3. The third-order valence-electron chi connectivity index (χ3n) is 3.10. The van der Waals surface area contributed by atoms with Crippen molar-refractivity contribution in [3.05, 3.63) is 41.6 Å². The summed E-state index contributed by atoms with van der Waals surface area (Å²) in [4.78, 5) is 35.1. The highest BCUT2D eigenvalue weighted by molar-refractivity contribution is 7.98. The number of benzene rings is 1. The number of amides is 2. The lowest BCUT2D eigenvalue weighted by atomic mass is 10.2. The van der Waals surface area contributed by atoms with E-state index in [9.17, 15) is 14.4 Å². The van der Waals surface area contributed by atoms with Crippen molar-refractivity contribution in [2.75, 3.05) is 17.7 Å². The van der Waals surface area contributed by atoms with Crippen molar-refractivity contribution in [3.63, 3.8) is 0 Å². The summed E-state index contributed by atoms with van der Waals surface area (Å²) in [7, 11) is 0. The normalized spacial score (nSPS) is 11.9. The number of carboxylic acids is 1. The van der Waals surface area contributed by atoms with Crippen LogP contribution in [-0.4, -0.2) is 40.9 Å². The molecule has 0 aliphatic heterocycles. The fourth-order valence-electron chi connectivity index (χ4n) is 1.73. The number of nitrogens with one attached hydrogen (secondary N) is 2. The van der Waals surface area contributed by atoms with E-state index in [0.29, 0.717) is 17.0 Å². The number of hydrogen-bond donors (Lipinski definition) is 4. The van der Waals surface area contributed by atoms with Crippen molar-refractivity contribution < 1.29 is 19.5 Å². The summed E-state index contributed by atoms with van der Waals surface area (Å²) in [6.07, 6.45) is 2.98. The third-order valence-corrected chi connectivity index (χ3v) is 3.74. The zero-order valence-electron chi connectivity index (χ0n) is 13.5. The maximum atomic E-state index is 12.0. The molecule has 2 amide bonds. The molecule has 0 aliphatic carbocycles. The molecule has 0 saturated carbocycles. The molecule has 132 valence electrons. The predicted molar refractivity (Wildman–Crippen MR) is 94.6 cm³/mol. The number of aliphatic carboxylic acids is 1. The van der Waals surface area contributed by atoms with Crippen LogP contribution in [-0.2, 0) is 9.59 Å². The predicted octanol–water partition coefficient (Wildman–Crippen LogP) is 0.729. The fourth-order valence-corrected chi connectivity index (χ4v) is 2.20. The van der Waals surface area contributed by atoms with Gasteiger partial charge in [-0.05, 0) is 42.7 Å². The zero-order valence-corrected chi connectivity index (χ0v) is 14.3. The Kier molecular flexibility index (Phi) is 8.02. The van der Waals surface area contributed by atoms with Gasteiger partial charge in [-0.15, -0.1) is 0 Å². The lowest BCUT2D eigenvalue weighted by Gasteiger charge is -2.13. The molecule has 0 spiro atoms. The molecule has 0 heterocycles. The minimum absolute atomic E-state index is 0.221. The van der Waals surface area contributed by atoms with Crippen LogP contribution in [0.4, 0.5) is 5.69 Å².